The molecule has 1 saturated heterocycles. The zero-order chi connectivity index (χ0) is 27.7. The molecule has 1 amide bonds. The number of anilines is 1. The third kappa shape index (κ3) is 3.10. The highest BCUT2D eigenvalue weighted by atomic mass is 16.3. The summed E-state index contributed by atoms with van der Waals surface area (Å²) in [7, 11) is 0. The van der Waals surface area contributed by atoms with Crippen LogP contribution in [0.5, 0.6) is 0 Å². The number of carbonyl (C=O) groups is 3. The lowest BCUT2D eigenvalue weighted by Crippen LogP contribution is -2.49. The van der Waals surface area contributed by atoms with Crippen molar-refractivity contribution in [2.45, 2.75) is 17.5 Å². The topological polar surface area (TPSA) is 79.6 Å². The van der Waals surface area contributed by atoms with E-state index in [2.05, 4.69) is 5.32 Å². The number of nitrogens with one attached hydrogen (secondary N) is 1. The van der Waals surface area contributed by atoms with E-state index in [-0.39, 0.29) is 17.5 Å². The van der Waals surface area contributed by atoms with Gasteiger partial charge in [0.05, 0.1) is 23.8 Å². The van der Waals surface area contributed by atoms with Crippen molar-refractivity contribution in [3.63, 3.8) is 0 Å². The molecule has 3 aliphatic heterocycles. The van der Waals surface area contributed by atoms with Crippen molar-refractivity contribution >= 4 is 40.0 Å². The van der Waals surface area contributed by atoms with Gasteiger partial charge < -0.3 is 14.6 Å². The first-order valence-corrected chi connectivity index (χ1v) is 13.6. The van der Waals surface area contributed by atoms with Gasteiger partial charge in [0.1, 0.15) is 17.7 Å². The molecular formula is C35H24N2O4. The number of nitrogens with zero attached hydrogens (tertiary/aromatic N) is 1. The molecule has 3 aliphatic rings. The average Bonchev–Trinajstić information content (AvgIpc) is 3.73. The first kappa shape index (κ1) is 23.6. The Morgan fingerprint density at radius 1 is 0.829 bits per heavy atom. The number of hydrogen-bond acceptors (Lipinski definition) is 5. The molecule has 0 saturated carbocycles. The molecule has 6 nitrogen and oxygen atoms in total. The molecule has 0 aliphatic carbocycles. The van der Waals surface area contributed by atoms with Crippen LogP contribution in [0.25, 0.3) is 16.8 Å². The maximum absolute atomic E-state index is 14.9. The van der Waals surface area contributed by atoms with Crippen LogP contribution >= 0.6 is 0 Å². The molecule has 41 heavy (non-hydrogen) atoms. The molecule has 8 rings (SSSR count). The number of para-hydroxylation sites is 1. The quantitative estimate of drug-likeness (QED) is 0.268. The molecule has 1 fully saturated rings. The lowest BCUT2D eigenvalue weighted by molar-refractivity contribution is -0.122. The fourth-order valence-corrected chi connectivity index (χ4v) is 7.35. The molecule has 4 aromatic carbocycles. The fourth-order valence-electron chi connectivity index (χ4n) is 7.35. The number of benzene rings is 4. The van der Waals surface area contributed by atoms with E-state index in [9.17, 15) is 14.4 Å². The lowest BCUT2D eigenvalue weighted by atomic mass is 9.62. The number of fused-ring (bicyclic) bond motifs is 7. The lowest BCUT2D eigenvalue weighted by Gasteiger charge is -2.38. The van der Waals surface area contributed by atoms with Crippen LogP contribution in [0, 0.1) is 5.92 Å². The number of hydrogen-bond donors (Lipinski definition) is 1. The molecule has 1 aromatic heterocycles. The Labute approximate surface area is 235 Å². The Balaban J connectivity index is 1.44. The van der Waals surface area contributed by atoms with Crippen molar-refractivity contribution in [3.8, 4) is 0 Å². The van der Waals surface area contributed by atoms with E-state index in [1.807, 2.05) is 108 Å². The molecule has 6 heteroatoms. The van der Waals surface area contributed by atoms with E-state index < -0.39 is 23.4 Å². The predicted octanol–water partition coefficient (Wildman–Crippen LogP) is 6.41. The Morgan fingerprint density at radius 3 is 2.49 bits per heavy atom. The number of Topliss-reactive ketones (excluding diaryl/α,β-unsaturated/α-hetero) is 2. The summed E-state index contributed by atoms with van der Waals surface area (Å²) in [6, 6.07) is 28.9. The van der Waals surface area contributed by atoms with E-state index in [1.165, 1.54) is 12.5 Å². The zero-order valence-electron chi connectivity index (χ0n) is 21.9. The van der Waals surface area contributed by atoms with Gasteiger partial charge in [0.2, 0.25) is 5.91 Å². The van der Waals surface area contributed by atoms with Gasteiger partial charge in [0, 0.05) is 17.5 Å². The second-order valence-electron chi connectivity index (χ2n) is 10.9. The maximum atomic E-state index is 14.9. The average molecular weight is 537 g/mol. The smallest absolute Gasteiger partial charge is 0.238 e. The van der Waals surface area contributed by atoms with Crippen LogP contribution in [0.15, 0.2) is 120 Å². The first-order chi connectivity index (χ1) is 20.1. The van der Waals surface area contributed by atoms with E-state index >= 15 is 0 Å². The van der Waals surface area contributed by atoms with Crippen molar-refractivity contribution in [1.29, 1.82) is 0 Å². The van der Waals surface area contributed by atoms with Crippen molar-refractivity contribution in [2.24, 2.45) is 5.92 Å². The molecule has 0 unspecified atom stereocenters. The van der Waals surface area contributed by atoms with Crippen LogP contribution in [0.4, 0.5) is 5.69 Å². The normalized spacial score (nSPS) is 23.8. The van der Waals surface area contributed by atoms with E-state index in [1.54, 1.807) is 6.07 Å². The predicted molar refractivity (Wildman–Crippen MR) is 155 cm³/mol. The molecular weight excluding hydrogens is 512 g/mol. The minimum Gasteiger partial charge on any atom is -0.472 e. The van der Waals surface area contributed by atoms with Gasteiger partial charge >= 0.3 is 0 Å². The van der Waals surface area contributed by atoms with Crippen molar-refractivity contribution in [3.05, 3.63) is 144 Å². The number of furan rings is 1. The monoisotopic (exact) mass is 536 g/mol. The second-order valence-corrected chi connectivity index (χ2v) is 10.9. The van der Waals surface area contributed by atoms with Crippen molar-refractivity contribution in [1.82, 2.24) is 4.90 Å². The minimum absolute atomic E-state index is 0.202. The van der Waals surface area contributed by atoms with Gasteiger partial charge in [-0.05, 0) is 45.7 Å². The molecule has 4 heterocycles. The summed E-state index contributed by atoms with van der Waals surface area (Å²) in [5.41, 5.74) is 2.73. The highest BCUT2D eigenvalue weighted by Crippen LogP contribution is 2.62. The van der Waals surface area contributed by atoms with Crippen molar-refractivity contribution < 1.29 is 18.8 Å². The molecule has 0 bridgehead atoms. The van der Waals surface area contributed by atoms with Gasteiger partial charge in [-0.25, -0.2) is 0 Å². The summed E-state index contributed by atoms with van der Waals surface area (Å²) in [5.74, 6) is -1.82. The number of carbonyl (C=O) groups excluding carboxylic acids is 3. The number of ketones is 2. The fraction of sp³-hybridized carbons (Fsp3) is 0.114. The van der Waals surface area contributed by atoms with Gasteiger partial charge in [0.25, 0.3) is 0 Å². The molecule has 0 radical (unpaired) electrons. The zero-order valence-corrected chi connectivity index (χ0v) is 21.9. The van der Waals surface area contributed by atoms with E-state index in [0.29, 0.717) is 16.8 Å². The van der Waals surface area contributed by atoms with Gasteiger partial charge in [-0.1, -0.05) is 84.9 Å². The Bertz CT molecular complexity index is 1920. The summed E-state index contributed by atoms with van der Waals surface area (Å²) >= 11 is 0. The van der Waals surface area contributed by atoms with Crippen LogP contribution in [0.3, 0.4) is 0 Å². The SMILES string of the molecule is O=C(c1cccc2ccccc12)[C@H]1[C@H](C(=O)c2ccoc2)[C@]2(C(=O)Nc3ccccc32)[C@@H]2c3ccccc3C=CN21. The molecule has 1 spiro atoms. The summed E-state index contributed by atoms with van der Waals surface area (Å²) < 4.78 is 5.32. The third-order valence-electron chi connectivity index (χ3n) is 8.98. The minimum atomic E-state index is -1.36. The van der Waals surface area contributed by atoms with Gasteiger partial charge in [-0.2, -0.15) is 0 Å². The molecule has 5 aromatic rings. The van der Waals surface area contributed by atoms with E-state index in [0.717, 1.165) is 27.5 Å². The molecule has 1 N–H and O–H groups in total. The Hall–Kier alpha value is -5.23. The Morgan fingerprint density at radius 2 is 1.61 bits per heavy atom. The second kappa shape index (κ2) is 8.63. The molecule has 198 valence electrons. The largest absolute Gasteiger partial charge is 0.472 e. The summed E-state index contributed by atoms with van der Waals surface area (Å²) in [4.78, 5) is 46.0. The number of amides is 1. The van der Waals surface area contributed by atoms with E-state index in [4.69, 9.17) is 4.42 Å². The Kier molecular flexibility index (Phi) is 4.98. The number of rotatable bonds is 4. The highest BCUT2D eigenvalue weighted by molar-refractivity contribution is 6.18. The summed E-state index contributed by atoms with van der Waals surface area (Å²) in [5, 5.41) is 4.82. The van der Waals surface area contributed by atoms with Crippen molar-refractivity contribution in [2.75, 3.05) is 5.32 Å². The maximum Gasteiger partial charge on any atom is 0.238 e. The van der Waals surface area contributed by atoms with Crippen LogP contribution < -0.4 is 5.32 Å². The van der Waals surface area contributed by atoms with Crippen LogP contribution in [-0.2, 0) is 10.2 Å². The van der Waals surface area contributed by atoms with Crippen LogP contribution in [0.1, 0.15) is 43.4 Å². The third-order valence-corrected chi connectivity index (χ3v) is 8.98. The summed E-state index contributed by atoms with van der Waals surface area (Å²) in [6.07, 6.45) is 6.70. The van der Waals surface area contributed by atoms with Crippen LogP contribution in [0.2, 0.25) is 0 Å². The van der Waals surface area contributed by atoms with Gasteiger partial charge in [-0.15, -0.1) is 0 Å². The highest BCUT2D eigenvalue weighted by Gasteiger charge is 2.70. The summed E-state index contributed by atoms with van der Waals surface area (Å²) in [6.45, 7) is 0. The first-order valence-electron chi connectivity index (χ1n) is 13.6. The van der Waals surface area contributed by atoms with Gasteiger partial charge in [0.15, 0.2) is 11.6 Å². The van der Waals surface area contributed by atoms with Crippen LogP contribution in [-0.4, -0.2) is 28.4 Å². The molecule has 4 atom stereocenters. The standard InChI is InChI=1S/C35H24N2O4/c38-31(23-17-19-41-20-23)29-30(32(39)26-13-7-10-21-8-1-3-11-24(21)26)37-18-16-22-9-2-4-12-25(22)33(37)35(29)27-14-5-6-15-28(27)36-34(35)40/h1-20,29-30,33H,(H,36,40)/t29-,30-,33+,35+/m1/s1. The van der Waals surface area contributed by atoms with Gasteiger partial charge in [-0.3, -0.25) is 14.4 Å².